The van der Waals surface area contributed by atoms with E-state index >= 15 is 0 Å². The van der Waals surface area contributed by atoms with E-state index in [0.29, 0.717) is 40.8 Å². The number of hydrogen-bond donors (Lipinski definition) is 1. The van der Waals surface area contributed by atoms with E-state index in [1.54, 1.807) is 23.1 Å². The van der Waals surface area contributed by atoms with E-state index in [1.807, 2.05) is 11.4 Å². The number of ether oxygens (including phenoxy) is 3. The zero-order valence-electron chi connectivity index (χ0n) is 16.2. The predicted octanol–water partition coefficient (Wildman–Crippen LogP) is 3.41. The molecule has 1 saturated heterocycles. The number of carbonyl (C=O) groups is 2. The smallest absolute Gasteiger partial charge is 0.264 e. The van der Waals surface area contributed by atoms with Gasteiger partial charge in [-0.25, -0.2) is 0 Å². The van der Waals surface area contributed by atoms with Crippen LogP contribution >= 0.6 is 11.3 Å². The minimum Gasteiger partial charge on any atom is -0.493 e. The summed E-state index contributed by atoms with van der Waals surface area (Å²) in [6.45, 7) is 0.573. The fourth-order valence-corrected chi connectivity index (χ4v) is 4.05. The molecule has 28 heavy (non-hydrogen) atoms. The van der Waals surface area contributed by atoms with Gasteiger partial charge < -0.3 is 24.4 Å². The summed E-state index contributed by atoms with van der Waals surface area (Å²) in [6, 6.07) is 6.46. The molecule has 3 rings (SSSR count). The summed E-state index contributed by atoms with van der Waals surface area (Å²) in [6.07, 6.45) is 2.43. The first-order valence-electron chi connectivity index (χ1n) is 9.04. The third-order valence-electron chi connectivity index (χ3n) is 4.73. The minimum atomic E-state index is -0.512. The third kappa shape index (κ3) is 4.06. The predicted molar refractivity (Wildman–Crippen MR) is 108 cm³/mol. The van der Waals surface area contributed by atoms with Crippen molar-refractivity contribution < 1.29 is 23.8 Å². The summed E-state index contributed by atoms with van der Waals surface area (Å²) in [5.41, 5.74) is 0.522. The fraction of sp³-hybridized carbons (Fsp3) is 0.400. The average Bonchev–Trinajstić information content (AvgIpc) is 3.27. The lowest BCUT2D eigenvalue weighted by Crippen LogP contribution is -2.49. The van der Waals surface area contributed by atoms with Crippen molar-refractivity contribution in [3.05, 3.63) is 34.5 Å². The molecule has 2 amide bonds. The molecule has 1 aliphatic heterocycles. The summed E-state index contributed by atoms with van der Waals surface area (Å²) >= 11 is 1.39. The molecule has 1 N–H and O–H groups in total. The van der Waals surface area contributed by atoms with Crippen LogP contribution in [0.3, 0.4) is 0 Å². The maximum atomic E-state index is 13.0. The zero-order chi connectivity index (χ0) is 20.1. The number of nitrogens with one attached hydrogen (secondary N) is 1. The molecule has 0 saturated carbocycles. The van der Waals surface area contributed by atoms with Crippen molar-refractivity contribution in [1.82, 2.24) is 4.90 Å². The monoisotopic (exact) mass is 404 g/mol. The molecule has 1 unspecified atom stereocenters. The van der Waals surface area contributed by atoms with Gasteiger partial charge >= 0.3 is 0 Å². The van der Waals surface area contributed by atoms with E-state index in [2.05, 4.69) is 5.32 Å². The first-order chi connectivity index (χ1) is 13.6. The van der Waals surface area contributed by atoms with Gasteiger partial charge in [0.1, 0.15) is 6.04 Å². The van der Waals surface area contributed by atoms with Gasteiger partial charge in [-0.15, -0.1) is 11.3 Å². The van der Waals surface area contributed by atoms with Crippen LogP contribution in [0.2, 0.25) is 0 Å². The molecule has 8 heteroatoms. The zero-order valence-corrected chi connectivity index (χ0v) is 17.0. The maximum absolute atomic E-state index is 13.0. The minimum absolute atomic E-state index is 0.0975. The number of anilines is 1. The second kappa shape index (κ2) is 8.97. The Bertz CT molecular complexity index is 812. The van der Waals surface area contributed by atoms with Gasteiger partial charge in [-0.05, 0) is 30.7 Å². The van der Waals surface area contributed by atoms with E-state index in [0.717, 1.165) is 12.8 Å². The van der Waals surface area contributed by atoms with Gasteiger partial charge in [0, 0.05) is 24.4 Å². The number of amides is 2. The first-order valence-corrected chi connectivity index (χ1v) is 9.92. The Morgan fingerprint density at radius 3 is 2.39 bits per heavy atom. The highest BCUT2D eigenvalue weighted by Gasteiger charge is 2.33. The van der Waals surface area contributed by atoms with E-state index in [9.17, 15) is 9.59 Å². The molecule has 0 radical (unpaired) electrons. The molecule has 0 bridgehead atoms. The van der Waals surface area contributed by atoms with Crippen molar-refractivity contribution in [1.29, 1.82) is 0 Å². The van der Waals surface area contributed by atoms with E-state index in [1.165, 1.54) is 32.7 Å². The van der Waals surface area contributed by atoms with Crippen LogP contribution in [0.4, 0.5) is 5.69 Å². The molecule has 2 heterocycles. The number of likely N-dealkylation sites (tertiary alicyclic amines) is 1. The molecular weight excluding hydrogens is 380 g/mol. The third-order valence-corrected chi connectivity index (χ3v) is 5.59. The summed E-state index contributed by atoms with van der Waals surface area (Å²) in [5, 5.41) is 4.76. The van der Waals surface area contributed by atoms with Gasteiger partial charge in [-0.3, -0.25) is 9.59 Å². The summed E-state index contributed by atoms with van der Waals surface area (Å²) in [4.78, 5) is 28.1. The van der Waals surface area contributed by atoms with Crippen molar-refractivity contribution in [3.63, 3.8) is 0 Å². The summed E-state index contributed by atoms with van der Waals surface area (Å²) < 4.78 is 16.0. The Kier molecular flexibility index (Phi) is 6.41. The number of nitrogens with zero attached hydrogens (tertiary/aromatic N) is 1. The number of thiophene rings is 1. The molecule has 0 aliphatic carbocycles. The highest BCUT2D eigenvalue weighted by Crippen LogP contribution is 2.40. The lowest BCUT2D eigenvalue weighted by Gasteiger charge is -2.34. The number of hydrogen-bond acceptors (Lipinski definition) is 6. The van der Waals surface area contributed by atoms with Gasteiger partial charge in [0.05, 0.1) is 26.2 Å². The van der Waals surface area contributed by atoms with Crippen LogP contribution < -0.4 is 19.5 Å². The number of methoxy groups -OCH3 is 3. The van der Waals surface area contributed by atoms with Crippen molar-refractivity contribution >= 4 is 28.8 Å². The Labute approximate surface area is 168 Å². The van der Waals surface area contributed by atoms with Crippen LogP contribution in [0.25, 0.3) is 0 Å². The molecule has 150 valence electrons. The molecule has 0 spiro atoms. The molecule has 1 atom stereocenters. The van der Waals surface area contributed by atoms with Gasteiger partial charge in [0.15, 0.2) is 11.5 Å². The molecule has 7 nitrogen and oxygen atoms in total. The topological polar surface area (TPSA) is 77.1 Å². The SMILES string of the molecule is COc1cc(NC(=O)C2CCCCN2C(=O)c2cccs2)cc(OC)c1OC. The van der Waals surface area contributed by atoms with Crippen LogP contribution in [-0.2, 0) is 4.79 Å². The fourth-order valence-electron chi connectivity index (χ4n) is 3.37. The molecule has 2 aromatic rings. The Morgan fingerprint density at radius 2 is 1.82 bits per heavy atom. The van der Waals surface area contributed by atoms with E-state index in [4.69, 9.17) is 14.2 Å². The lowest BCUT2D eigenvalue weighted by molar-refractivity contribution is -0.121. The van der Waals surface area contributed by atoms with Crippen LogP contribution in [0, 0.1) is 0 Å². The molecule has 1 aromatic heterocycles. The largest absolute Gasteiger partial charge is 0.493 e. The van der Waals surface area contributed by atoms with E-state index in [-0.39, 0.29) is 11.8 Å². The van der Waals surface area contributed by atoms with Crippen LogP contribution in [-0.4, -0.2) is 50.6 Å². The van der Waals surface area contributed by atoms with Crippen molar-refractivity contribution in [3.8, 4) is 17.2 Å². The normalized spacial score (nSPS) is 16.4. The second-order valence-corrected chi connectivity index (χ2v) is 7.34. The summed E-state index contributed by atoms with van der Waals surface area (Å²) in [5.74, 6) is 1.04. The number of carbonyl (C=O) groups excluding carboxylic acids is 2. The van der Waals surface area contributed by atoms with Crippen molar-refractivity contribution in [2.24, 2.45) is 0 Å². The Balaban J connectivity index is 1.81. The Morgan fingerprint density at radius 1 is 1.11 bits per heavy atom. The van der Waals surface area contributed by atoms with Gasteiger partial charge in [0.25, 0.3) is 5.91 Å². The molecule has 1 aliphatic rings. The van der Waals surface area contributed by atoms with E-state index < -0.39 is 6.04 Å². The highest BCUT2D eigenvalue weighted by atomic mass is 32.1. The average molecular weight is 404 g/mol. The molecular formula is C20H24N2O5S. The van der Waals surface area contributed by atoms with Gasteiger partial charge in [-0.1, -0.05) is 6.07 Å². The highest BCUT2D eigenvalue weighted by molar-refractivity contribution is 7.12. The van der Waals surface area contributed by atoms with Crippen molar-refractivity contribution in [2.75, 3.05) is 33.2 Å². The molecule has 1 fully saturated rings. The lowest BCUT2D eigenvalue weighted by atomic mass is 10.0. The standard InChI is InChI=1S/C20H24N2O5S/c1-25-15-11-13(12-16(26-2)18(15)27-3)21-19(23)14-7-4-5-9-22(14)20(24)17-8-6-10-28-17/h6,8,10-12,14H,4-5,7,9H2,1-3H3,(H,21,23). The van der Waals surface area contributed by atoms with Crippen molar-refractivity contribution in [2.45, 2.75) is 25.3 Å². The maximum Gasteiger partial charge on any atom is 0.264 e. The van der Waals surface area contributed by atoms with Gasteiger partial charge in [-0.2, -0.15) is 0 Å². The van der Waals surface area contributed by atoms with Crippen LogP contribution in [0.5, 0.6) is 17.2 Å². The second-order valence-electron chi connectivity index (χ2n) is 6.39. The van der Waals surface area contributed by atoms with Crippen LogP contribution in [0.1, 0.15) is 28.9 Å². The van der Waals surface area contributed by atoms with Crippen LogP contribution in [0.15, 0.2) is 29.6 Å². The Hall–Kier alpha value is -2.74. The van der Waals surface area contributed by atoms with Gasteiger partial charge in [0.2, 0.25) is 11.7 Å². The first kappa shape index (κ1) is 20.0. The molecule has 1 aromatic carbocycles. The number of piperidine rings is 1. The quantitative estimate of drug-likeness (QED) is 0.798. The summed E-state index contributed by atoms with van der Waals surface area (Å²) in [7, 11) is 4.56. The number of benzene rings is 1. The number of rotatable bonds is 6.